The van der Waals surface area contributed by atoms with Crippen molar-refractivity contribution in [1.82, 2.24) is 9.55 Å². The van der Waals surface area contributed by atoms with E-state index in [1.807, 2.05) is 13.8 Å². The molecule has 0 aliphatic heterocycles. The Labute approximate surface area is 129 Å². The molecule has 2 aromatic rings. The number of hydrogen-bond acceptors (Lipinski definition) is 6. The van der Waals surface area contributed by atoms with E-state index in [1.54, 1.807) is 7.11 Å². The number of rotatable bonds is 6. The first-order valence-electron chi connectivity index (χ1n) is 6.29. The van der Waals surface area contributed by atoms with Gasteiger partial charge in [-0.15, -0.1) is 11.3 Å². The third-order valence-electron chi connectivity index (χ3n) is 3.10. The molecule has 2 rings (SSSR count). The van der Waals surface area contributed by atoms with Crippen LogP contribution in [0, 0.1) is 13.8 Å². The van der Waals surface area contributed by atoms with Gasteiger partial charge in [-0.05, 0) is 19.4 Å². The van der Waals surface area contributed by atoms with Crippen molar-refractivity contribution in [2.75, 3.05) is 19.5 Å². The Morgan fingerprint density at radius 1 is 1.48 bits per heavy atom. The standard InChI is InChI=1S/C13H16N2O4S2/c1-7-8(2)21-11-10(7)12(18)15(4-5-19-3)13(14-11)20-6-9(16)17/h4-6H2,1-3H3,(H,16,17). The van der Waals surface area contributed by atoms with Gasteiger partial charge in [-0.3, -0.25) is 14.2 Å². The van der Waals surface area contributed by atoms with Crippen LogP contribution in [0.1, 0.15) is 10.4 Å². The number of carboxylic acid groups (broad SMARTS) is 1. The van der Waals surface area contributed by atoms with Crippen molar-refractivity contribution in [3.05, 3.63) is 20.8 Å². The lowest BCUT2D eigenvalue weighted by Crippen LogP contribution is -2.25. The van der Waals surface area contributed by atoms with Crippen LogP contribution in [-0.2, 0) is 16.1 Å². The van der Waals surface area contributed by atoms with Crippen LogP contribution in [0.5, 0.6) is 0 Å². The summed E-state index contributed by atoms with van der Waals surface area (Å²) in [6.45, 7) is 4.58. The van der Waals surface area contributed by atoms with Crippen LogP contribution in [0.2, 0.25) is 0 Å². The minimum Gasteiger partial charge on any atom is -0.481 e. The van der Waals surface area contributed by atoms with Crippen molar-refractivity contribution < 1.29 is 14.6 Å². The van der Waals surface area contributed by atoms with Crippen molar-refractivity contribution >= 4 is 39.3 Å². The van der Waals surface area contributed by atoms with Gasteiger partial charge in [0.25, 0.3) is 5.56 Å². The Hall–Kier alpha value is -1.38. The number of thiophene rings is 1. The van der Waals surface area contributed by atoms with Gasteiger partial charge in [-0.1, -0.05) is 11.8 Å². The summed E-state index contributed by atoms with van der Waals surface area (Å²) in [5, 5.41) is 9.86. The number of carbonyl (C=O) groups is 1. The molecule has 0 aliphatic rings. The second-order valence-corrected chi connectivity index (χ2v) is 6.64. The number of aryl methyl sites for hydroxylation is 2. The van der Waals surface area contributed by atoms with E-state index in [4.69, 9.17) is 9.84 Å². The third-order valence-corrected chi connectivity index (χ3v) is 5.16. The number of nitrogens with zero attached hydrogens (tertiary/aromatic N) is 2. The summed E-state index contributed by atoms with van der Waals surface area (Å²) in [7, 11) is 1.56. The highest BCUT2D eigenvalue weighted by Gasteiger charge is 2.17. The zero-order valence-electron chi connectivity index (χ0n) is 12.0. The van der Waals surface area contributed by atoms with Gasteiger partial charge in [0, 0.05) is 12.0 Å². The number of hydrogen-bond donors (Lipinski definition) is 1. The highest BCUT2D eigenvalue weighted by Crippen LogP contribution is 2.28. The van der Waals surface area contributed by atoms with E-state index >= 15 is 0 Å². The van der Waals surface area contributed by atoms with Crippen molar-refractivity contribution in [1.29, 1.82) is 0 Å². The van der Waals surface area contributed by atoms with E-state index < -0.39 is 5.97 Å². The molecule has 0 spiro atoms. The van der Waals surface area contributed by atoms with Gasteiger partial charge >= 0.3 is 5.97 Å². The number of ether oxygens (including phenoxy) is 1. The first-order chi connectivity index (χ1) is 9.95. The molecular formula is C13H16N2O4S2. The Kier molecular flexibility index (Phi) is 5.02. The van der Waals surface area contributed by atoms with Crippen LogP contribution >= 0.6 is 23.1 Å². The van der Waals surface area contributed by atoms with Gasteiger partial charge in [0.1, 0.15) is 4.83 Å². The summed E-state index contributed by atoms with van der Waals surface area (Å²) in [6, 6.07) is 0. The molecule has 6 nitrogen and oxygen atoms in total. The Morgan fingerprint density at radius 3 is 2.81 bits per heavy atom. The van der Waals surface area contributed by atoms with E-state index in [0.29, 0.717) is 28.5 Å². The second kappa shape index (κ2) is 6.59. The van der Waals surface area contributed by atoms with Crippen LogP contribution in [0.4, 0.5) is 0 Å². The maximum atomic E-state index is 12.6. The monoisotopic (exact) mass is 328 g/mol. The number of carboxylic acids is 1. The molecule has 0 saturated heterocycles. The molecule has 0 atom stereocenters. The van der Waals surface area contributed by atoms with Gasteiger partial charge in [0.2, 0.25) is 0 Å². The molecule has 2 heterocycles. The van der Waals surface area contributed by atoms with E-state index in [0.717, 1.165) is 22.2 Å². The summed E-state index contributed by atoms with van der Waals surface area (Å²) >= 11 is 2.51. The Bertz CT molecular complexity index is 736. The first kappa shape index (κ1) is 16.0. The molecule has 0 saturated carbocycles. The molecule has 0 radical (unpaired) electrons. The van der Waals surface area contributed by atoms with Crippen molar-refractivity contribution in [3.63, 3.8) is 0 Å². The number of methoxy groups -OCH3 is 1. The predicted molar refractivity (Wildman–Crippen MR) is 83.6 cm³/mol. The third kappa shape index (κ3) is 3.28. The SMILES string of the molecule is COCCn1c(SCC(=O)O)nc2sc(C)c(C)c2c1=O. The highest BCUT2D eigenvalue weighted by molar-refractivity contribution is 7.99. The van der Waals surface area contributed by atoms with Crippen LogP contribution in [0.3, 0.4) is 0 Å². The number of fused-ring (bicyclic) bond motifs is 1. The Balaban J connectivity index is 2.58. The zero-order valence-corrected chi connectivity index (χ0v) is 13.6. The molecule has 0 fully saturated rings. The second-order valence-electron chi connectivity index (χ2n) is 4.49. The van der Waals surface area contributed by atoms with Crippen LogP contribution in [-0.4, -0.2) is 40.1 Å². The van der Waals surface area contributed by atoms with Gasteiger partial charge in [-0.2, -0.15) is 0 Å². The first-order valence-corrected chi connectivity index (χ1v) is 8.10. The molecule has 21 heavy (non-hydrogen) atoms. The fourth-order valence-electron chi connectivity index (χ4n) is 1.92. The van der Waals surface area contributed by atoms with Gasteiger partial charge in [0.05, 0.1) is 24.3 Å². The average Bonchev–Trinajstić information content (AvgIpc) is 2.71. The van der Waals surface area contributed by atoms with Crippen LogP contribution in [0.15, 0.2) is 9.95 Å². The maximum Gasteiger partial charge on any atom is 0.313 e. The molecule has 2 aromatic heterocycles. The summed E-state index contributed by atoms with van der Waals surface area (Å²) in [5.74, 6) is -1.07. The molecule has 8 heteroatoms. The van der Waals surface area contributed by atoms with Gasteiger partial charge in [-0.25, -0.2) is 4.98 Å². The minimum absolute atomic E-state index is 0.131. The molecular weight excluding hydrogens is 312 g/mol. The van der Waals surface area contributed by atoms with Crippen molar-refractivity contribution in [3.8, 4) is 0 Å². The largest absolute Gasteiger partial charge is 0.481 e. The van der Waals surface area contributed by atoms with E-state index in [9.17, 15) is 9.59 Å². The highest BCUT2D eigenvalue weighted by atomic mass is 32.2. The predicted octanol–water partition coefficient (Wildman–Crippen LogP) is 1.90. The fraction of sp³-hybridized carbons (Fsp3) is 0.462. The molecule has 0 unspecified atom stereocenters. The summed E-state index contributed by atoms with van der Waals surface area (Å²) < 4.78 is 6.52. The lowest BCUT2D eigenvalue weighted by Gasteiger charge is -2.10. The maximum absolute atomic E-state index is 12.6. The number of thioether (sulfide) groups is 1. The fourth-order valence-corrected chi connectivity index (χ4v) is 3.74. The molecule has 1 N–H and O–H groups in total. The van der Waals surface area contributed by atoms with Crippen molar-refractivity contribution in [2.24, 2.45) is 0 Å². The molecule has 0 bridgehead atoms. The van der Waals surface area contributed by atoms with Crippen molar-refractivity contribution in [2.45, 2.75) is 25.5 Å². The van der Waals surface area contributed by atoms with Gasteiger partial charge in [0.15, 0.2) is 5.16 Å². The Morgan fingerprint density at radius 2 is 2.19 bits per heavy atom. The summed E-state index contributed by atoms with van der Waals surface area (Å²) in [4.78, 5) is 29.6. The molecule has 0 aliphatic carbocycles. The molecule has 0 aromatic carbocycles. The number of aromatic nitrogens is 2. The van der Waals surface area contributed by atoms with E-state index in [-0.39, 0.29) is 11.3 Å². The zero-order chi connectivity index (χ0) is 15.6. The topological polar surface area (TPSA) is 81.4 Å². The normalized spacial score (nSPS) is 11.2. The lowest BCUT2D eigenvalue weighted by molar-refractivity contribution is -0.133. The number of aliphatic carboxylic acids is 1. The quantitative estimate of drug-likeness (QED) is 0.644. The minimum atomic E-state index is -0.939. The lowest BCUT2D eigenvalue weighted by atomic mass is 10.2. The average molecular weight is 328 g/mol. The van der Waals surface area contributed by atoms with E-state index in [2.05, 4.69) is 4.98 Å². The molecule has 114 valence electrons. The van der Waals surface area contributed by atoms with Crippen LogP contribution < -0.4 is 5.56 Å². The molecule has 0 amide bonds. The smallest absolute Gasteiger partial charge is 0.313 e. The van der Waals surface area contributed by atoms with E-state index in [1.165, 1.54) is 15.9 Å². The summed E-state index contributed by atoms with van der Waals surface area (Å²) in [6.07, 6.45) is 0. The van der Waals surface area contributed by atoms with Gasteiger partial charge < -0.3 is 9.84 Å². The van der Waals surface area contributed by atoms with Crippen LogP contribution in [0.25, 0.3) is 10.2 Å². The summed E-state index contributed by atoms with van der Waals surface area (Å²) in [5.41, 5.74) is 0.806.